The Labute approximate surface area is 85.1 Å². The van der Waals surface area contributed by atoms with E-state index in [9.17, 15) is 0 Å². The summed E-state index contributed by atoms with van der Waals surface area (Å²) in [7, 11) is 0. The molecule has 0 unspecified atom stereocenters. The Balaban J connectivity index is 1.62. The highest BCUT2D eigenvalue weighted by atomic mass is 16.5. The monoisotopic (exact) mass is 197 g/mol. The van der Waals surface area contributed by atoms with Crippen LogP contribution < -0.4 is 0 Å². The van der Waals surface area contributed by atoms with E-state index in [2.05, 4.69) is 5.16 Å². The van der Waals surface area contributed by atoms with Crippen molar-refractivity contribution >= 4 is 5.71 Å². The number of hydrogen-bond acceptors (Lipinski definition) is 3. The first-order valence-electron chi connectivity index (χ1n) is 5.70. The number of oxime groups is 1. The van der Waals surface area contributed by atoms with Crippen molar-refractivity contribution in [1.29, 1.82) is 0 Å². The first-order chi connectivity index (χ1) is 6.88. The molecule has 3 heteroatoms. The summed E-state index contributed by atoms with van der Waals surface area (Å²) in [5.41, 5.74) is 0.938. The van der Waals surface area contributed by atoms with E-state index in [1.54, 1.807) is 0 Å². The van der Waals surface area contributed by atoms with E-state index < -0.39 is 0 Å². The van der Waals surface area contributed by atoms with Gasteiger partial charge in [-0.3, -0.25) is 0 Å². The van der Waals surface area contributed by atoms with E-state index in [0.29, 0.717) is 6.10 Å². The van der Waals surface area contributed by atoms with Crippen molar-refractivity contribution in [1.82, 2.24) is 0 Å². The maximum atomic E-state index is 8.59. The second kappa shape index (κ2) is 4.78. The minimum Gasteiger partial charge on any atom is -0.411 e. The number of nitrogens with zero attached hydrogens (tertiary/aromatic N) is 1. The molecule has 0 radical (unpaired) electrons. The minimum absolute atomic E-state index is 0.418. The molecule has 0 amide bonds. The third kappa shape index (κ3) is 2.47. The highest BCUT2D eigenvalue weighted by Crippen LogP contribution is 2.28. The molecule has 0 aromatic carbocycles. The van der Waals surface area contributed by atoms with E-state index in [0.717, 1.165) is 43.9 Å². The number of ether oxygens (including phenoxy) is 1. The summed E-state index contributed by atoms with van der Waals surface area (Å²) in [5.74, 6) is 0.836. The highest BCUT2D eigenvalue weighted by Gasteiger charge is 2.22. The van der Waals surface area contributed by atoms with Gasteiger partial charge in [-0.1, -0.05) is 11.6 Å². The Kier molecular flexibility index (Phi) is 3.40. The first-order valence-corrected chi connectivity index (χ1v) is 5.70. The minimum atomic E-state index is 0.418. The van der Waals surface area contributed by atoms with Gasteiger partial charge in [-0.15, -0.1) is 0 Å². The summed E-state index contributed by atoms with van der Waals surface area (Å²) in [5, 5.41) is 11.9. The lowest BCUT2D eigenvalue weighted by molar-refractivity contribution is 0.000965. The van der Waals surface area contributed by atoms with Crippen LogP contribution in [0.2, 0.25) is 0 Å². The molecule has 0 spiro atoms. The van der Waals surface area contributed by atoms with E-state index >= 15 is 0 Å². The highest BCUT2D eigenvalue weighted by molar-refractivity contribution is 5.84. The smallest absolute Gasteiger partial charge is 0.0582 e. The first kappa shape index (κ1) is 9.97. The molecular weight excluding hydrogens is 178 g/mol. The lowest BCUT2D eigenvalue weighted by Gasteiger charge is -2.29. The van der Waals surface area contributed by atoms with Crippen LogP contribution in [0.4, 0.5) is 0 Å². The van der Waals surface area contributed by atoms with Gasteiger partial charge in [0.2, 0.25) is 0 Å². The fraction of sp³-hybridized carbons (Fsp3) is 0.909. The maximum absolute atomic E-state index is 8.59. The zero-order valence-electron chi connectivity index (χ0n) is 8.61. The summed E-state index contributed by atoms with van der Waals surface area (Å²) in [6.07, 6.45) is 8.41. The molecule has 14 heavy (non-hydrogen) atoms. The molecule has 3 nitrogen and oxygen atoms in total. The Morgan fingerprint density at radius 1 is 1.21 bits per heavy atom. The van der Waals surface area contributed by atoms with Gasteiger partial charge in [0.15, 0.2) is 0 Å². The van der Waals surface area contributed by atoms with Crippen molar-refractivity contribution in [3.63, 3.8) is 0 Å². The molecule has 0 atom stereocenters. The fourth-order valence-electron chi connectivity index (χ4n) is 2.12. The maximum Gasteiger partial charge on any atom is 0.0582 e. The van der Waals surface area contributed by atoms with Crippen LogP contribution in [0.1, 0.15) is 44.9 Å². The normalized spacial score (nSPS) is 28.6. The Bertz CT molecular complexity index is 201. The van der Waals surface area contributed by atoms with Crippen LogP contribution in [-0.4, -0.2) is 23.6 Å². The van der Waals surface area contributed by atoms with Gasteiger partial charge in [0.25, 0.3) is 0 Å². The molecule has 0 aromatic rings. The van der Waals surface area contributed by atoms with Gasteiger partial charge in [-0.05, 0) is 44.4 Å². The van der Waals surface area contributed by atoms with Crippen LogP contribution in [0.5, 0.6) is 0 Å². The molecule has 2 aliphatic carbocycles. The Hall–Kier alpha value is -0.570. The van der Waals surface area contributed by atoms with Gasteiger partial charge in [0.1, 0.15) is 0 Å². The quantitative estimate of drug-likeness (QED) is 0.558. The average molecular weight is 197 g/mol. The van der Waals surface area contributed by atoms with Gasteiger partial charge in [-0.25, -0.2) is 0 Å². The van der Waals surface area contributed by atoms with Gasteiger partial charge >= 0.3 is 0 Å². The molecule has 2 fully saturated rings. The van der Waals surface area contributed by atoms with E-state index in [1.165, 1.54) is 19.3 Å². The van der Waals surface area contributed by atoms with Crippen molar-refractivity contribution in [2.75, 3.05) is 6.61 Å². The molecule has 2 saturated carbocycles. The zero-order valence-corrected chi connectivity index (χ0v) is 8.61. The molecule has 0 saturated heterocycles. The topological polar surface area (TPSA) is 41.8 Å². The standard InChI is InChI=1S/C11H19NO2/c13-12-10-4-6-11(7-5-10)14-8-9-2-1-3-9/h9,11,13H,1-8H2. The van der Waals surface area contributed by atoms with Crippen LogP contribution in [0, 0.1) is 5.92 Å². The lowest BCUT2D eigenvalue weighted by atomic mass is 9.86. The number of rotatable bonds is 3. The Morgan fingerprint density at radius 2 is 1.93 bits per heavy atom. The average Bonchev–Trinajstić information content (AvgIpc) is 2.16. The molecule has 0 heterocycles. The second-order valence-electron chi connectivity index (χ2n) is 4.50. The van der Waals surface area contributed by atoms with Gasteiger partial charge < -0.3 is 9.94 Å². The lowest BCUT2D eigenvalue weighted by Crippen LogP contribution is -2.26. The molecule has 0 aromatic heterocycles. The zero-order chi connectivity index (χ0) is 9.80. The predicted molar refractivity (Wildman–Crippen MR) is 54.8 cm³/mol. The summed E-state index contributed by atoms with van der Waals surface area (Å²) in [6, 6.07) is 0. The number of hydrogen-bond donors (Lipinski definition) is 1. The van der Waals surface area contributed by atoms with Crippen molar-refractivity contribution in [2.45, 2.75) is 51.0 Å². The van der Waals surface area contributed by atoms with Gasteiger partial charge in [0, 0.05) is 6.61 Å². The summed E-state index contributed by atoms with van der Waals surface area (Å²) < 4.78 is 5.84. The third-order valence-corrected chi connectivity index (χ3v) is 3.44. The van der Waals surface area contributed by atoms with Crippen LogP contribution in [-0.2, 0) is 4.74 Å². The van der Waals surface area contributed by atoms with E-state index in [-0.39, 0.29) is 0 Å². The molecule has 80 valence electrons. The molecule has 2 rings (SSSR count). The van der Waals surface area contributed by atoms with E-state index in [4.69, 9.17) is 9.94 Å². The predicted octanol–water partition coefficient (Wildman–Crippen LogP) is 2.58. The van der Waals surface area contributed by atoms with Crippen molar-refractivity contribution < 1.29 is 9.94 Å². The SMILES string of the molecule is ON=C1CCC(OCC2CCC2)CC1. The van der Waals surface area contributed by atoms with Crippen molar-refractivity contribution in [3.8, 4) is 0 Å². The van der Waals surface area contributed by atoms with Crippen molar-refractivity contribution in [2.24, 2.45) is 11.1 Å². The Morgan fingerprint density at radius 3 is 2.43 bits per heavy atom. The summed E-state index contributed by atoms with van der Waals surface area (Å²) >= 11 is 0. The van der Waals surface area contributed by atoms with Crippen LogP contribution in [0.25, 0.3) is 0 Å². The van der Waals surface area contributed by atoms with Crippen LogP contribution >= 0.6 is 0 Å². The van der Waals surface area contributed by atoms with Crippen LogP contribution in [0.3, 0.4) is 0 Å². The third-order valence-electron chi connectivity index (χ3n) is 3.44. The van der Waals surface area contributed by atoms with Gasteiger partial charge in [-0.2, -0.15) is 0 Å². The molecule has 2 aliphatic rings. The molecular formula is C11H19NO2. The molecule has 0 aliphatic heterocycles. The fourth-order valence-corrected chi connectivity index (χ4v) is 2.12. The summed E-state index contributed by atoms with van der Waals surface area (Å²) in [6.45, 7) is 0.955. The molecule has 0 bridgehead atoms. The van der Waals surface area contributed by atoms with Crippen LogP contribution in [0.15, 0.2) is 5.16 Å². The summed E-state index contributed by atoms with van der Waals surface area (Å²) in [4.78, 5) is 0. The largest absolute Gasteiger partial charge is 0.411 e. The molecule has 1 N–H and O–H groups in total. The van der Waals surface area contributed by atoms with E-state index in [1.807, 2.05) is 0 Å². The van der Waals surface area contributed by atoms with Gasteiger partial charge in [0.05, 0.1) is 11.8 Å². The van der Waals surface area contributed by atoms with Crippen molar-refractivity contribution in [3.05, 3.63) is 0 Å². The second-order valence-corrected chi connectivity index (χ2v) is 4.50.